The lowest BCUT2D eigenvalue weighted by molar-refractivity contribution is -0.0217. The van der Waals surface area contributed by atoms with Gasteiger partial charge in [0, 0.05) is 0 Å². The molecule has 0 N–H and O–H groups in total. The van der Waals surface area contributed by atoms with Crippen molar-refractivity contribution in [1.82, 2.24) is 4.90 Å². The molecule has 10 heavy (non-hydrogen) atoms. The molecule has 0 saturated carbocycles. The van der Waals surface area contributed by atoms with E-state index in [9.17, 15) is 0 Å². The maximum absolute atomic E-state index is 8.65. The van der Waals surface area contributed by atoms with E-state index in [4.69, 9.17) is 10.00 Å². The van der Waals surface area contributed by atoms with E-state index in [1.54, 1.807) is 4.90 Å². The molecule has 3 nitrogen and oxygen atoms in total. The van der Waals surface area contributed by atoms with Gasteiger partial charge < -0.3 is 9.64 Å². The largest absolute Gasteiger partial charge is 0.377 e. The SMILES string of the molecule is CC1(C)COCCN1C#N. The molecular formula is C7H12N2O. The Bertz CT molecular complexity index is 159. The first-order chi connectivity index (χ1) is 4.67. The summed E-state index contributed by atoms with van der Waals surface area (Å²) in [5, 5.41) is 8.65. The average Bonchev–Trinajstić information content (AvgIpc) is 1.87. The van der Waals surface area contributed by atoms with E-state index in [2.05, 4.69) is 6.19 Å². The Kier molecular flexibility index (Phi) is 1.82. The van der Waals surface area contributed by atoms with Gasteiger partial charge in [-0.15, -0.1) is 0 Å². The van der Waals surface area contributed by atoms with Gasteiger partial charge in [0.25, 0.3) is 0 Å². The van der Waals surface area contributed by atoms with Gasteiger partial charge in [-0.2, -0.15) is 5.26 Å². The van der Waals surface area contributed by atoms with Crippen LogP contribution < -0.4 is 0 Å². The van der Waals surface area contributed by atoms with E-state index in [1.165, 1.54) is 0 Å². The summed E-state index contributed by atoms with van der Waals surface area (Å²) in [7, 11) is 0. The molecule has 1 aliphatic rings. The quantitative estimate of drug-likeness (QED) is 0.462. The van der Waals surface area contributed by atoms with Crippen LogP contribution in [-0.2, 0) is 4.74 Å². The Morgan fingerprint density at radius 2 is 2.30 bits per heavy atom. The predicted octanol–water partition coefficient (Wildman–Crippen LogP) is 0.578. The molecule has 1 heterocycles. The van der Waals surface area contributed by atoms with Crippen LogP contribution in [0.25, 0.3) is 0 Å². The van der Waals surface area contributed by atoms with Crippen LogP contribution in [-0.4, -0.2) is 30.2 Å². The molecular weight excluding hydrogens is 128 g/mol. The summed E-state index contributed by atoms with van der Waals surface area (Å²) in [5.41, 5.74) is -0.104. The summed E-state index contributed by atoms with van der Waals surface area (Å²) in [5.74, 6) is 0. The van der Waals surface area contributed by atoms with Gasteiger partial charge in [-0.05, 0) is 13.8 Å². The van der Waals surface area contributed by atoms with Crippen LogP contribution in [0.2, 0.25) is 0 Å². The molecule has 3 heteroatoms. The summed E-state index contributed by atoms with van der Waals surface area (Å²) < 4.78 is 5.22. The Hall–Kier alpha value is -0.750. The van der Waals surface area contributed by atoms with Crippen LogP contribution in [0.3, 0.4) is 0 Å². The zero-order valence-corrected chi connectivity index (χ0v) is 6.42. The molecule has 0 aromatic carbocycles. The van der Waals surface area contributed by atoms with Crippen molar-refractivity contribution in [2.75, 3.05) is 19.8 Å². The van der Waals surface area contributed by atoms with Crippen molar-refractivity contribution in [3.8, 4) is 6.19 Å². The zero-order chi connectivity index (χ0) is 7.61. The van der Waals surface area contributed by atoms with E-state index < -0.39 is 0 Å². The second kappa shape index (κ2) is 2.47. The minimum atomic E-state index is -0.104. The zero-order valence-electron chi connectivity index (χ0n) is 6.42. The Labute approximate surface area is 61.2 Å². The first kappa shape index (κ1) is 7.36. The van der Waals surface area contributed by atoms with Crippen molar-refractivity contribution in [1.29, 1.82) is 5.26 Å². The van der Waals surface area contributed by atoms with Crippen LogP contribution in [0.1, 0.15) is 13.8 Å². The van der Waals surface area contributed by atoms with Crippen molar-refractivity contribution in [2.24, 2.45) is 0 Å². The second-order valence-corrected chi connectivity index (χ2v) is 3.12. The van der Waals surface area contributed by atoms with E-state index in [-0.39, 0.29) is 5.54 Å². The minimum absolute atomic E-state index is 0.104. The second-order valence-electron chi connectivity index (χ2n) is 3.12. The van der Waals surface area contributed by atoms with Gasteiger partial charge in [-0.25, -0.2) is 0 Å². The number of hydrogen-bond acceptors (Lipinski definition) is 3. The highest BCUT2D eigenvalue weighted by molar-refractivity contribution is 4.91. The number of nitriles is 1. The summed E-state index contributed by atoms with van der Waals surface area (Å²) >= 11 is 0. The maximum atomic E-state index is 8.65. The molecule has 1 aliphatic heterocycles. The minimum Gasteiger partial charge on any atom is -0.377 e. The first-order valence-corrected chi connectivity index (χ1v) is 3.42. The molecule has 0 radical (unpaired) electrons. The molecule has 0 amide bonds. The summed E-state index contributed by atoms with van der Waals surface area (Å²) in [6, 6.07) is 0. The summed E-state index contributed by atoms with van der Waals surface area (Å²) in [6.45, 7) is 6.08. The number of hydrogen-bond donors (Lipinski definition) is 0. The average molecular weight is 140 g/mol. The lowest BCUT2D eigenvalue weighted by Gasteiger charge is -2.37. The third-order valence-electron chi connectivity index (χ3n) is 1.77. The molecule has 0 unspecified atom stereocenters. The molecule has 0 spiro atoms. The number of nitrogens with zero attached hydrogens (tertiary/aromatic N) is 2. The van der Waals surface area contributed by atoms with Gasteiger partial charge in [0.1, 0.15) is 0 Å². The van der Waals surface area contributed by atoms with Gasteiger partial charge in [-0.3, -0.25) is 0 Å². The molecule has 0 aromatic rings. The van der Waals surface area contributed by atoms with E-state index in [0.717, 1.165) is 6.54 Å². The van der Waals surface area contributed by atoms with E-state index >= 15 is 0 Å². The van der Waals surface area contributed by atoms with Gasteiger partial charge in [0.2, 0.25) is 0 Å². The molecule has 0 bridgehead atoms. The fourth-order valence-corrected chi connectivity index (χ4v) is 1.04. The lowest BCUT2D eigenvalue weighted by Crippen LogP contribution is -2.50. The Morgan fingerprint density at radius 1 is 1.60 bits per heavy atom. The van der Waals surface area contributed by atoms with E-state index in [0.29, 0.717) is 13.2 Å². The third-order valence-corrected chi connectivity index (χ3v) is 1.77. The maximum Gasteiger partial charge on any atom is 0.179 e. The van der Waals surface area contributed by atoms with Crippen molar-refractivity contribution in [2.45, 2.75) is 19.4 Å². The van der Waals surface area contributed by atoms with Gasteiger partial charge in [0.15, 0.2) is 6.19 Å². The Balaban J connectivity index is 2.62. The molecule has 0 aromatic heterocycles. The molecule has 1 rings (SSSR count). The normalized spacial score (nSPS) is 23.9. The molecule has 56 valence electrons. The van der Waals surface area contributed by atoms with Crippen LogP contribution in [0.15, 0.2) is 0 Å². The molecule has 0 atom stereocenters. The number of morpholine rings is 1. The van der Waals surface area contributed by atoms with Gasteiger partial charge >= 0.3 is 0 Å². The highest BCUT2D eigenvalue weighted by Gasteiger charge is 2.29. The topological polar surface area (TPSA) is 36.3 Å². The Morgan fingerprint density at radius 3 is 2.70 bits per heavy atom. The first-order valence-electron chi connectivity index (χ1n) is 3.42. The number of ether oxygens (including phenoxy) is 1. The molecule has 1 fully saturated rings. The monoisotopic (exact) mass is 140 g/mol. The van der Waals surface area contributed by atoms with Gasteiger partial charge in [-0.1, -0.05) is 0 Å². The summed E-state index contributed by atoms with van der Waals surface area (Å²) in [4.78, 5) is 1.76. The lowest BCUT2D eigenvalue weighted by atomic mass is 10.0. The number of rotatable bonds is 0. The van der Waals surface area contributed by atoms with Crippen LogP contribution in [0.4, 0.5) is 0 Å². The van der Waals surface area contributed by atoms with Crippen LogP contribution >= 0.6 is 0 Å². The van der Waals surface area contributed by atoms with Crippen molar-refractivity contribution in [3.05, 3.63) is 0 Å². The standard InChI is InChI=1S/C7H12N2O/c1-7(2)5-10-4-3-9(7)6-8/h3-5H2,1-2H3. The van der Waals surface area contributed by atoms with Gasteiger partial charge in [0.05, 0.1) is 25.3 Å². The van der Waals surface area contributed by atoms with E-state index in [1.807, 2.05) is 13.8 Å². The molecule has 0 aliphatic carbocycles. The van der Waals surface area contributed by atoms with Crippen molar-refractivity contribution < 1.29 is 4.74 Å². The highest BCUT2D eigenvalue weighted by Crippen LogP contribution is 2.16. The van der Waals surface area contributed by atoms with Crippen molar-refractivity contribution in [3.63, 3.8) is 0 Å². The van der Waals surface area contributed by atoms with Crippen molar-refractivity contribution >= 4 is 0 Å². The highest BCUT2D eigenvalue weighted by atomic mass is 16.5. The van der Waals surface area contributed by atoms with Crippen LogP contribution in [0.5, 0.6) is 0 Å². The smallest absolute Gasteiger partial charge is 0.179 e. The van der Waals surface area contributed by atoms with Crippen LogP contribution in [0, 0.1) is 11.5 Å². The molecule has 1 saturated heterocycles. The fraction of sp³-hybridized carbons (Fsp3) is 0.857. The third kappa shape index (κ3) is 1.22. The fourth-order valence-electron chi connectivity index (χ4n) is 1.04. The predicted molar refractivity (Wildman–Crippen MR) is 37.2 cm³/mol. The summed E-state index contributed by atoms with van der Waals surface area (Å²) in [6.07, 6.45) is 2.15.